The number of piperazine rings is 1. The SMILES string of the molecule is O=C(c1n[nH]c2ccccc12)N1CCN(c2ccc(Cl)cc2)CC1. The van der Waals surface area contributed by atoms with Crippen molar-refractivity contribution in [1.29, 1.82) is 0 Å². The van der Waals surface area contributed by atoms with Crippen molar-refractivity contribution in [3.63, 3.8) is 0 Å². The van der Waals surface area contributed by atoms with E-state index in [4.69, 9.17) is 11.6 Å². The van der Waals surface area contributed by atoms with Crippen LogP contribution in [0.3, 0.4) is 0 Å². The molecule has 0 saturated carbocycles. The molecule has 1 amide bonds. The summed E-state index contributed by atoms with van der Waals surface area (Å²) < 4.78 is 0. The van der Waals surface area contributed by atoms with Gasteiger partial charge in [-0.15, -0.1) is 0 Å². The number of nitrogens with zero attached hydrogens (tertiary/aromatic N) is 3. The highest BCUT2D eigenvalue weighted by molar-refractivity contribution is 6.30. The molecule has 4 rings (SSSR count). The molecule has 0 aliphatic carbocycles. The van der Waals surface area contributed by atoms with Gasteiger partial charge >= 0.3 is 0 Å². The van der Waals surface area contributed by atoms with Crippen LogP contribution < -0.4 is 4.90 Å². The molecule has 24 heavy (non-hydrogen) atoms. The van der Waals surface area contributed by atoms with Crippen LogP contribution >= 0.6 is 11.6 Å². The summed E-state index contributed by atoms with van der Waals surface area (Å²) in [7, 11) is 0. The predicted octanol–water partition coefficient (Wildman–Crippen LogP) is 3.18. The molecule has 122 valence electrons. The van der Waals surface area contributed by atoms with Crippen molar-refractivity contribution in [3.8, 4) is 0 Å². The lowest BCUT2D eigenvalue weighted by atomic mass is 10.2. The van der Waals surface area contributed by atoms with E-state index in [1.165, 1.54) is 0 Å². The lowest BCUT2D eigenvalue weighted by Gasteiger charge is -2.35. The summed E-state index contributed by atoms with van der Waals surface area (Å²) in [6, 6.07) is 15.5. The van der Waals surface area contributed by atoms with E-state index >= 15 is 0 Å². The van der Waals surface area contributed by atoms with E-state index in [0.717, 1.165) is 34.7 Å². The molecule has 1 aromatic heterocycles. The number of para-hydroxylation sites is 1. The number of aromatic nitrogens is 2. The largest absolute Gasteiger partial charge is 0.368 e. The number of fused-ring (bicyclic) bond motifs is 1. The number of H-pyrrole nitrogens is 1. The fourth-order valence-corrected chi connectivity index (χ4v) is 3.22. The van der Waals surface area contributed by atoms with Crippen LogP contribution in [-0.2, 0) is 0 Å². The zero-order valence-corrected chi connectivity index (χ0v) is 13.8. The summed E-state index contributed by atoms with van der Waals surface area (Å²) in [6.45, 7) is 2.97. The molecule has 1 fully saturated rings. The average molecular weight is 341 g/mol. The van der Waals surface area contributed by atoms with Crippen LogP contribution in [0.25, 0.3) is 10.9 Å². The van der Waals surface area contributed by atoms with Gasteiger partial charge in [-0.2, -0.15) is 5.10 Å². The lowest BCUT2D eigenvalue weighted by Crippen LogP contribution is -2.48. The molecular formula is C18H17ClN4O. The number of carbonyl (C=O) groups is 1. The van der Waals surface area contributed by atoms with Gasteiger partial charge in [0.2, 0.25) is 0 Å². The maximum Gasteiger partial charge on any atom is 0.275 e. The van der Waals surface area contributed by atoms with Gasteiger partial charge in [0.05, 0.1) is 5.52 Å². The summed E-state index contributed by atoms with van der Waals surface area (Å²) >= 11 is 5.94. The van der Waals surface area contributed by atoms with Crippen LogP contribution in [0, 0.1) is 0 Å². The number of anilines is 1. The fraction of sp³-hybridized carbons (Fsp3) is 0.222. The minimum absolute atomic E-state index is 0.0109. The second kappa shape index (κ2) is 6.17. The molecule has 1 aliphatic rings. The van der Waals surface area contributed by atoms with Crippen molar-refractivity contribution < 1.29 is 4.79 Å². The van der Waals surface area contributed by atoms with Gasteiger partial charge in [0.1, 0.15) is 0 Å². The fourth-order valence-electron chi connectivity index (χ4n) is 3.10. The zero-order valence-electron chi connectivity index (χ0n) is 13.1. The topological polar surface area (TPSA) is 52.2 Å². The van der Waals surface area contributed by atoms with Crippen LogP contribution in [-0.4, -0.2) is 47.2 Å². The number of hydrogen-bond donors (Lipinski definition) is 1. The first-order valence-corrected chi connectivity index (χ1v) is 8.33. The third kappa shape index (κ3) is 2.71. The van der Waals surface area contributed by atoms with E-state index in [9.17, 15) is 4.79 Å². The molecule has 0 radical (unpaired) electrons. The van der Waals surface area contributed by atoms with Crippen LogP contribution in [0.15, 0.2) is 48.5 Å². The van der Waals surface area contributed by atoms with Crippen LogP contribution in [0.4, 0.5) is 5.69 Å². The molecule has 0 spiro atoms. The number of nitrogens with one attached hydrogen (secondary N) is 1. The van der Waals surface area contributed by atoms with E-state index in [1.54, 1.807) is 0 Å². The normalized spacial score (nSPS) is 15.0. The zero-order chi connectivity index (χ0) is 16.5. The first kappa shape index (κ1) is 15.0. The van der Waals surface area contributed by atoms with Gasteiger partial charge in [-0.3, -0.25) is 9.89 Å². The van der Waals surface area contributed by atoms with Gasteiger partial charge < -0.3 is 9.80 Å². The highest BCUT2D eigenvalue weighted by atomic mass is 35.5. The molecular weight excluding hydrogens is 324 g/mol. The molecule has 1 aliphatic heterocycles. The minimum atomic E-state index is -0.0109. The van der Waals surface area contributed by atoms with Crippen LogP contribution in [0.1, 0.15) is 10.5 Å². The van der Waals surface area contributed by atoms with Crippen molar-refractivity contribution in [1.82, 2.24) is 15.1 Å². The van der Waals surface area contributed by atoms with Crippen molar-refractivity contribution in [3.05, 3.63) is 59.2 Å². The van der Waals surface area contributed by atoms with Gasteiger partial charge in [0.25, 0.3) is 5.91 Å². The molecule has 1 N–H and O–H groups in total. The Morgan fingerprint density at radius 3 is 2.46 bits per heavy atom. The van der Waals surface area contributed by atoms with Crippen LogP contribution in [0.2, 0.25) is 5.02 Å². The van der Waals surface area contributed by atoms with Gasteiger partial charge in [0.15, 0.2) is 5.69 Å². The Morgan fingerprint density at radius 2 is 1.71 bits per heavy atom. The Balaban J connectivity index is 1.47. The summed E-state index contributed by atoms with van der Waals surface area (Å²) in [6.07, 6.45) is 0. The third-order valence-corrected chi connectivity index (χ3v) is 4.68. The van der Waals surface area contributed by atoms with Crippen molar-refractivity contribution >= 4 is 34.1 Å². The Kier molecular flexibility index (Phi) is 3.86. The number of hydrogen-bond acceptors (Lipinski definition) is 3. The highest BCUT2D eigenvalue weighted by Crippen LogP contribution is 2.21. The predicted molar refractivity (Wildman–Crippen MR) is 95.7 cm³/mol. The average Bonchev–Trinajstić information content (AvgIpc) is 3.06. The second-order valence-corrected chi connectivity index (χ2v) is 6.31. The number of rotatable bonds is 2. The Hall–Kier alpha value is -2.53. The van der Waals surface area contributed by atoms with Crippen molar-refractivity contribution in [2.45, 2.75) is 0 Å². The van der Waals surface area contributed by atoms with Crippen LogP contribution in [0.5, 0.6) is 0 Å². The summed E-state index contributed by atoms with van der Waals surface area (Å²) in [5.74, 6) is -0.0109. The molecule has 3 aromatic rings. The Morgan fingerprint density at radius 1 is 1.00 bits per heavy atom. The van der Waals surface area contributed by atoms with E-state index < -0.39 is 0 Å². The highest BCUT2D eigenvalue weighted by Gasteiger charge is 2.25. The maximum absolute atomic E-state index is 12.8. The number of aromatic amines is 1. The molecule has 2 aromatic carbocycles. The van der Waals surface area contributed by atoms with Gasteiger partial charge in [-0.1, -0.05) is 29.8 Å². The first-order valence-electron chi connectivity index (χ1n) is 7.95. The van der Waals surface area contributed by atoms with Gasteiger partial charge in [0, 0.05) is 42.3 Å². The number of halogens is 1. The number of carbonyl (C=O) groups excluding carboxylic acids is 1. The molecule has 6 heteroatoms. The summed E-state index contributed by atoms with van der Waals surface area (Å²) in [4.78, 5) is 16.9. The van der Waals surface area contributed by atoms with E-state index in [1.807, 2.05) is 53.4 Å². The number of amides is 1. The van der Waals surface area contributed by atoms with Gasteiger partial charge in [-0.25, -0.2) is 0 Å². The smallest absolute Gasteiger partial charge is 0.275 e. The Bertz CT molecular complexity index is 866. The number of benzene rings is 2. The molecule has 1 saturated heterocycles. The van der Waals surface area contributed by atoms with Crippen molar-refractivity contribution in [2.75, 3.05) is 31.1 Å². The van der Waals surface area contributed by atoms with Gasteiger partial charge in [-0.05, 0) is 30.3 Å². The monoisotopic (exact) mass is 340 g/mol. The minimum Gasteiger partial charge on any atom is -0.368 e. The molecule has 0 bridgehead atoms. The van der Waals surface area contributed by atoms with E-state index in [0.29, 0.717) is 18.8 Å². The summed E-state index contributed by atoms with van der Waals surface area (Å²) in [5.41, 5.74) is 2.53. The third-order valence-electron chi connectivity index (χ3n) is 4.43. The first-order chi connectivity index (χ1) is 11.7. The lowest BCUT2D eigenvalue weighted by molar-refractivity contribution is 0.0743. The Labute approximate surface area is 144 Å². The standard InChI is InChI=1S/C18H17ClN4O/c19-13-5-7-14(8-6-13)22-9-11-23(12-10-22)18(24)17-15-3-1-2-4-16(15)20-21-17/h1-8H,9-12H2,(H,20,21). The maximum atomic E-state index is 12.8. The second-order valence-electron chi connectivity index (χ2n) is 5.87. The van der Waals surface area contributed by atoms with Crippen molar-refractivity contribution in [2.24, 2.45) is 0 Å². The van der Waals surface area contributed by atoms with E-state index in [2.05, 4.69) is 15.1 Å². The molecule has 2 heterocycles. The molecule has 5 nitrogen and oxygen atoms in total. The molecule has 0 unspecified atom stereocenters. The van der Waals surface area contributed by atoms with E-state index in [-0.39, 0.29) is 5.91 Å². The quantitative estimate of drug-likeness (QED) is 0.779. The summed E-state index contributed by atoms with van der Waals surface area (Å²) in [5, 5.41) is 8.75. The molecule has 0 atom stereocenters.